The molecule has 0 aromatic heterocycles. The highest BCUT2D eigenvalue weighted by molar-refractivity contribution is 5.77. The van der Waals surface area contributed by atoms with Crippen LogP contribution >= 0.6 is 0 Å². The molecule has 0 heterocycles. The van der Waals surface area contributed by atoms with Gasteiger partial charge in [0.15, 0.2) is 0 Å². The number of aliphatic hydroxyl groups excluding tert-OH is 1. The average molecular weight is 382 g/mol. The van der Waals surface area contributed by atoms with Crippen LogP contribution in [0.4, 0.5) is 8.78 Å². The lowest BCUT2D eigenvalue weighted by Crippen LogP contribution is -2.47. The van der Waals surface area contributed by atoms with Crippen LogP contribution < -0.4 is 10.6 Å². The molecule has 3 atom stereocenters. The van der Waals surface area contributed by atoms with Crippen LogP contribution in [0.3, 0.4) is 0 Å². The van der Waals surface area contributed by atoms with Gasteiger partial charge in [-0.1, -0.05) is 19.1 Å². The molecule has 0 fully saturated rings. The molecule has 0 aliphatic carbocycles. The Morgan fingerprint density at radius 2 is 1.78 bits per heavy atom. The van der Waals surface area contributed by atoms with Crippen LogP contribution in [0.25, 0.3) is 0 Å². The van der Waals surface area contributed by atoms with E-state index in [-0.39, 0.29) is 37.1 Å². The summed E-state index contributed by atoms with van der Waals surface area (Å²) < 4.78 is 26.8. The Morgan fingerprint density at radius 3 is 2.33 bits per heavy atom. The number of halogens is 2. The molecule has 0 spiro atoms. The van der Waals surface area contributed by atoms with Crippen LogP contribution in [0.2, 0.25) is 0 Å². The summed E-state index contributed by atoms with van der Waals surface area (Å²) in [5.74, 6) is -1.97. The Balaban J connectivity index is 2.71. The molecule has 2 amide bonds. The van der Waals surface area contributed by atoms with E-state index in [0.29, 0.717) is 5.56 Å². The van der Waals surface area contributed by atoms with Gasteiger partial charge in [-0.05, 0) is 43.9 Å². The summed E-state index contributed by atoms with van der Waals surface area (Å²) in [5.41, 5.74) is 0.326. The predicted molar refractivity (Wildman–Crippen MR) is 99.9 cm³/mol. The Kier molecular flexibility index (Phi) is 9.64. The maximum atomic E-state index is 13.4. The van der Waals surface area contributed by atoms with Crippen molar-refractivity contribution in [3.8, 4) is 0 Å². The lowest BCUT2D eigenvalue weighted by molar-refractivity contribution is -0.122. The van der Waals surface area contributed by atoms with Crippen LogP contribution in [0, 0.1) is 11.6 Å². The van der Waals surface area contributed by atoms with Crippen molar-refractivity contribution in [2.24, 2.45) is 0 Å². The average Bonchev–Trinajstić information content (AvgIpc) is 2.52. The largest absolute Gasteiger partial charge is 0.391 e. The van der Waals surface area contributed by atoms with Crippen molar-refractivity contribution in [3.63, 3.8) is 0 Å². The van der Waals surface area contributed by atoms with E-state index in [0.717, 1.165) is 24.6 Å². The van der Waals surface area contributed by atoms with Crippen LogP contribution in [-0.4, -0.2) is 35.1 Å². The standard InChI is InChI=1S/C20H28F2N2O3/c1-4-5-6-7-20(27)23-13(2)8-19(26)18(24-14(3)25)11-15-9-16(21)12-17(22)10-15/h5-6,9-10,12-13,18-19,26H,4,7-8,11H2,1-3H3,(H,23,27)(H,24,25)/t13?,18-,19-/m0/s1. The lowest BCUT2D eigenvalue weighted by atomic mass is 9.96. The molecule has 0 aliphatic heterocycles. The fraction of sp³-hybridized carbons (Fsp3) is 0.500. The molecule has 5 nitrogen and oxygen atoms in total. The summed E-state index contributed by atoms with van der Waals surface area (Å²) in [6, 6.07) is 2.02. The molecule has 1 rings (SSSR count). The Morgan fingerprint density at radius 1 is 1.15 bits per heavy atom. The minimum absolute atomic E-state index is 0.0648. The highest BCUT2D eigenvalue weighted by Crippen LogP contribution is 2.14. The van der Waals surface area contributed by atoms with Crippen LogP contribution in [0.5, 0.6) is 0 Å². The summed E-state index contributed by atoms with van der Waals surface area (Å²) in [6.45, 7) is 5.02. The van der Waals surface area contributed by atoms with Gasteiger partial charge in [0.1, 0.15) is 11.6 Å². The Hall–Kier alpha value is -2.28. The number of rotatable bonds is 10. The van der Waals surface area contributed by atoms with E-state index in [1.165, 1.54) is 6.92 Å². The quantitative estimate of drug-likeness (QED) is 0.545. The van der Waals surface area contributed by atoms with Crippen LogP contribution in [0.1, 0.15) is 45.6 Å². The van der Waals surface area contributed by atoms with Gasteiger partial charge in [0, 0.05) is 25.5 Å². The first kappa shape index (κ1) is 22.8. The lowest BCUT2D eigenvalue weighted by Gasteiger charge is -2.26. The van der Waals surface area contributed by atoms with Gasteiger partial charge < -0.3 is 15.7 Å². The number of nitrogens with one attached hydrogen (secondary N) is 2. The predicted octanol–water partition coefficient (Wildman–Crippen LogP) is 2.62. The third kappa shape index (κ3) is 9.28. The third-order valence-corrected chi connectivity index (χ3v) is 3.94. The first-order valence-electron chi connectivity index (χ1n) is 9.05. The fourth-order valence-electron chi connectivity index (χ4n) is 2.80. The summed E-state index contributed by atoms with van der Waals surface area (Å²) in [6.07, 6.45) is 4.02. The molecule has 1 aromatic carbocycles. The second kappa shape index (κ2) is 11.4. The van der Waals surface area contributed by atoms with Gasteiger partial charge in [-0.3, -0.25) is 9.59 Å². The summed E-state index contributed by atoms with van der Waals surface area (Å²) in [5, 5.41) is 15.9. The van der Waals surface area contributed by atoms with Crippen molar-refractivity contribution in [3.05, 3.63) is 47.5 Å². The number of carbonyl (C=O) groups excluding carboxylic acids is 2. The smallest absolute Gasteiger partial charge is 0.224 e. The topological polar surface area (TPSA) is 78.4 Å². The molecule has 0 saturated carbocycles. The first-order valence-corrected chi connectivity index (χ1v) is 9.05. The number of aliphatic hydroxyl groups is 1. The van der Waals surface area contributed by atoms with E-state index in [4.69, 9.17) is 0 Å². The van der Waals surface area contributed by atoms with E-state index in [1.807, 2.05) is 13.0 Å². The molecule has 0 saturated heterocycles. The van der Waals surface area contributed by atoms with Crippen molar-refractivity contribution in [2.75, 3.05) is 0 Å². The molecule has 7 heteroatoms. The van der Waals surface area contributed by atoms with Gasteiger partial charge in [-0.25, -0.2) is 8.78 Å². The third-order valence-electron chi connectivity index (χ3n) is 3.94. The molecule has 1 aromatic rings. The molecular weight excluding hydrogens is 354 g/mol. The highest BCUT2D eigenvalue weighted by Gasteiger charge is 2.23. The van der Waals surface area contributed by atoms with E-state index >= 15 is 0 Å². The molecule has 27 heavy (non-hydrogen) atoms. The molecule has 0 aliphatic rings. The highest BCUT2D eigenvalue weighted by atomic mass is 19.1. The van der Waals surface area contributed by atoms with Crippen molar-refractivity contribution in [1.29, 1.82) is 0 Å². The number of benzene rings is 1. The summed E-state index contributed by atoms with van der Waals surface area (Å²) in [4.78, 5) is 23.3. The van der Waals surface area contributed by atoms with Crippen molar-refractivity contribution < 1.29 is 23.5 Å². The summed E-state index contributed by atoms with van der Waals surface area (Å²) >= 11 is 0. The van der Waals surface area contributed by atoms with Crippen LogP contribution in [-0.2, 0) is 16.0 Å². The van der Waals surface area contributed by atoms with Gasteiger partial charge in [0.05, 0.1) is 12.1 Å². The fourth-order valence-corrected chi connectivity index (χ4v) is 2.80. The van der Waals surface area contributed by atoms with Gasteiger partial charge in [0.2, 0.25) is 11.8 Å². The molecule has 0 radical (unpaired) electrons. The van der Waals surface area contributed by atoms with Gasteiger partial charge in [0.25, 0.3) is 0 Å². The Labute approximate surface area is 158 Å². The van der Waals surface area contributed by atoms with Crippen molar-refractivity contribution in [1.82, 2.24) is 10.6 Å². The number of hydrogen-bond acceptors (Lipinski definition) is 3. The second-order valence-corrected chi connectivity index (χ2v) is 6.64. The monoisotopic (exact) mass is 382 g/mol. The number of carbonyl (C=O) groups is 2. The minimum Gasteiger partial charge on any atom is -0.391 e. The molecule has 3 N–H and O–H groups in total. The van der Waals surface area contributed by atoms with E-state index < -0.39 is 23.8 Å². The van der Waals surface area contributed by atoms with Gasteiger partial charge in [-0.15, -0.1) is 0 Å². The van der Waals surface area contributed by atoms with E-state index in [2.05, 4.69) is 10.6 Å². The zero-order valence-corrected chi connectivity index (χ0v) is 16.0. The number of allylic oxidation sites excluding steroid dienone is 1. The zero-order chi connectivity index (χ0) is 20.4. The summed E-state index contributed by atoms with van der Waals surface area (Å²) in [7, 11) is 0. The van der Waals surface area contributed by atoms with E-state index in [9.17, 15) is 23.5 Å². The molecule has 0 bridgehead atoms. The SMILES string of the molecule is CCC=CCC(=O)NC(C)C[C@H](O)[C@H](Cc1cc(F)cc(F)c1)NC(C)=O. The minimum atomic E-state index is -0.998. The maximum Gasteiger partial charge on any atom is 0.224 e. The maximum absolute atomic E-state index is 13.4. The van der Waals surface area contributed by atoms with E-state index in [1.54, 1.807) is 13.0 Å². The number of amides is 2. The Bertz CT molecular complexity index is 644. The van der Waals surface area contributed by atoms with Crippen molar-refractivity contribution in [2.45, 2.75) is 64.6 Å². The van der Waals surface area contributed by atoms with Gasteiger partial charge >= 0.3 is 0 Å². The second-order valence-electron chi connectivity index (χ2n) is 6.64. The molecule has 1 unspecified atom stereocenters. The van der Waals surface area contributed by atoms with Crippen LogP contribution in [0.15, 0.2) is 30.4 Å². The van der Waals surface area contributed by atoms with Gasteiger partial charge in [-0.2, -0.15) is 0 Å². The molecular formula is C20H28F2N2O3. The normalized spacial score (nSPS) is 14.6. The van der Waals surface area contributed by atoms with Crippen molar-refractivity contribution >= 4 is 11.8 Å². The number of hydrogen-bond donors (Lipinski definition) is 3. The molecule has 150 valence electrons. The first-order chi connectivity index (χ1) is 12.7. The zero-order valence-electron chi connectivity index (χ0n) is 16.0.